The molecular formula is C4H12ClNS. The summed E-state index contributed by atoms with van der Waals surface area (Å²) in [6.07, 6.45) is 0. The van der Waals surface area contributed by atoms with Gasteiger partial charge in [0.1, 0.15) is 0 Å². The smallest absolute Gasteiger partial charge is 0.00637 e. The quantitative estimate of drug-likeness (QED) is 0.560. The fourth-order valence-corrected chi connectivity index (χ4v) is 0.600. The highest BCUT2D eigenvalue weighted by Crippen LogP contribution is 1.74. The number of rotatable bonds is 2. The Bertz CT molecular complexity index is 32.9. The Labute approximate surface area is 56.9 Å². The maximum absolute atomic E-state index is 4.02. The second-order valence-electron chi connectivity index (χ2n) is 1.53. The molecule has 0 fully saturated rings. The molecule has 46 valence electrons. The van der Waals surface area contributed by atoms with Gasteiger partial charge in [-0.15, -0.1) is 12.4 Å². The summed E-state index contributed by atoms with van der Waals surface area (Å²) in [6, 6.07) is 0. The summed E-state index contributed by atoms with van der Waals surface area (Å²) in [6.45, 7) is 1.07. The average Bonchev–Trinajstić information content (AvgIpc) is 1.35. The molecule has 0 bridgehead atoms. The topological polar surface area (TPSA) is 3.24 Å². The molecule has 1 nitrogen and oxygen atoms in total. The van der Waals surface area contributed by atoms with E-state index in [1.807, 2.05) is 14.1 Å². The zero-order chi connectivity index (χ0) is 4.99. The van der Waals surface area contributed by atoms with E-state index >= 15 is 0 Å². The molecule has 0 aromatic carbocycles. The van der Waals surface area contributed by atoms with Gasteiger partial charge in [0.05, 0.1) is 0 Å². The molecule has 0 aromatic heterocycles. The van der Waals surface area contributed by atoms with Gasteiger partial charge in [0, 0.05) is 12.3 Å². The Morgan fingerprint density at radius 2 is 1.86 bits per heavy atom. The predicted molar refractivity (Wildman–Crippen MR) is 39.7 cm³/mol. The second kappa shape index (κ2) is 6.60. The Hall–Kier alpha value is 0.600. The van der Waals surface area contributed by atoms with Crippen molar-refractivity contribution >= 4 is 25.0 Å². The van der Waals surface area contributed by atoms with Crippen LogP contribution in [0.2, 0.25) is 0 Å². The molecule has 0 aliphatic heterocycles. The van der Waals surface area contributed by atoms with Gasteiger partial charge < -0.3 is 4.90 Å². The van der Waals surface area contributed by atoms with Crippen molar-refractivity contribution in [2.75, 3.05) is 26.4 Å². The van der Waals surface area contributed by atoms with Crippen molar-refractivity contribution in [2.45, 2.75) is 0 Å². The van der Waals surface area contributed by atoms with Gasteiger partial charge in [-0.05, 0) is 14.1 Å². The Kier molecular flexibility index (Phi) is 9.95. The lowest BCUT2D eigenvalue weighted by Crippen LogP contribution is -2.13. The largest absolute Gasteiger partial charge is 0.309 e. The zero-order valence-electron chi connectivity index (χ0n) is 4.72. The number of nitrogens with zero attached hydrogens (tertiary/aromatic N) is 1. The summed E-state index contributed by atoms with van der Waals surface area (Å²) in [5.41, 5.74) is 0. The lowest BCUT2D eigenvalue weighted by Gasteiger charge is -2.03. The molecule has 0 atom stereocenters. The van der Waals surface area contributed by atoms with Crippen LogP contribution in [0.4, 0.5) is 0 Å². The van der Waals surface area contributed by atoms with E-state index < -0.39 is 0 Å². The van der Waals surface area contributed by atoms with Gasteiger partial charge in [-0.25, -0.2) is 0 Å². The van der Waals surface area contributed by atoms with Crippen molar-refractivity contribution in [1.82, 2.24) is 4.90 Å². The van der Waals surface area contributed by atoms with Crippen LogP contribution in [0.15, 0.2) is 0 Å². The van der Waals surface area contributed by atoms with Crippen molar-refractivity contribution in [3.8, 4) is 0 Å². The maximum atomic E-state index is 4.02. The highest BCUT2D eigenvalue weighted by molar-refractivity contribution is 7.80. The Morgan fingerprint density at radius 1 is 1.43 bits per heavy atom. The summed E-state index contributed by atoms with van der Waals surface area (Å²) in [5.74, 6) is 0.951. The van der Waals surface area contributed by atoms with Crippen molar-refractivity contribution in [2.24, 2.45) is 0 Å². The zero-order valence-corrected chi connectivity index (χ0v) is 6.43. The Morgan fingerprint density at radius 3 is 1.86 bits per heavy atom. The molecule has 3 heteroatoms. The summed E-state index contributed by atoms with van der Waals surface area (Å²) < 4.78 is 0. The first-order valence-electron chi connectivity index (χ1n) is 2.03. The minimum atomic E-state index is 0. The van der Waals surface area contributed by atoms with Gasteiger partial charge in [-0.1, -0.05) is 0 Å². The van der Waals surface area contributed by atoms with E-state index in [1.54, 1.807) is 0 Å². The lowest BCUT2D eigenvalue weighted by molar-refractivity contribution is 0.438. The van der Waals surface area contributed by atoms with E-state index in [9.17, 15) is 0 Å². The molecule has 0 heterocycles. The molecular weight excluding hydrogens is 130 g/mol. The predicted octanol–water partition coefficient (Wildman–Crippen LogP) is 0.900. The van der Waals surface area contributed by atoms with Gasteiger partial charge in [0.25, 0.3) is 0 Å². The standard InChI is InChI=1S/C4H11NS.ClH/c1-5(2)3-4-6;/h6H,3-4H2,1-2H3;1H. The van der Waals surface area contributed by atoms with Crippen LogP contribution in [0.5, 0.6) is 0 Å². The number of thiol groups is 1. The summed E-state index contributed by atoms with van der Waals surface area (Å²) in [7, 11) is 4.08. The van der Waals surface area contributed by atoms with Crippen LogP contribution in [0, 0.1) is 0 Å². The molecule has 0 unspecified atom stereocenters. The van der Waals surface area contributed by atoms with E-state index in [0.717, 1.165) is 12.3 Å². The molecule has 0 aliphatic rings. The summed E-state index contributed by atoms with van der Waals surface area (Å²) in [5, 5.41) is 0. The second-order valence-corrected chi connectivity index (χ2v) is 1.97. The molecule has 0 saturated carbocycles. The van der Waals surface area contributed by atoms with Crippen molar-refractivity contribution in [1.29, 1.82) is 0 Å². The summed E-state index contributed by atoms with van der Waals surface area (Å²) in [4.78, 5) is 2.10. The molecule has 0 radical (unpaired) electrons. The van der Waals surface area contributed by atoms with E-state index in [-0.39, 0.29) is 12.4 Å². The molecule has 0 saturated heterocycles. The molecule has 0 spiro atoms. The van der Waals surface area contributed by atoms with Crippen LogP contribution in [-0.2, 0) is 0 Å². The third kappa shape index (κ3) is 10.8. The van der Waals surface area contributed by atoms with Crippen LogP contribution < -0.4 is 0 Å². The van der Waals surface area contributed by atoms with E-state index in [1.165, 1.54) is 0 Å². The minimum Gasteiger partial charge on any atom is -0.309 e. The fourth-order valence-electron chi connectivity index (χ4n) is 0.200. The normalized spacial score (nSPS) is 8.57. The average molecular weight is 142 g/mol. The lowest BCUT2D eigenvalue weighted by atomic mass is 10.7. The van der Waals surface area contributed by atoms with E-state index in [0.29, 0.717) is 0 Å². The Balaban J connectivity index is 0. The molecule has 0 aliphatic carbocycles. The number of halogens is 1. The number of hydrogen-bond donors (Lipinski definition) is 1. The third-order valence-electron chi connectivity index (χ3n) is 0.547. The minimum absolute atomic E-state index is 0. The summed E-state index contributed by atoms with van der Waals surface area (Å²) >= 11 is 4.02. The first-order chi connectivity index (χ1) is 2.77. The monoisotopic (exact) mass is 141 g/mol. The van der Waals surface area contributed by atoms with Crippen LogP contribution >= 0.6 is 25.0 Å². The molecule has 0 N–H and O–H groups in total. The molecule has 7 heavy (non-hydrogen) atoms. The molecule has 0 amide bonds. The van der Waals surface area contributed by atoms with Crippen LogP contribution in [0.1, 0.15) is 0 Å². The molecule has 0 rings (SSSR count). The maximum Gasteiger partial charge on any atom is 0.00637 e. The van der Waals surface area contributed by atoms with Crippen LogP contribution in [0.25, 0.3) is 0 Å². The number of hydrogen-bond acceptors (Lipinski definition) is 2. The van der Waals surface area contributed by atoms with Gasteiger partial charge in [-0.2, -0.15) is 12.6 Å². The van der Waals surface area contributed by atoms with Gasteiger partial charge in [0.15, 0.2) is 0 Å². The van der Waals surface area contributed by atoms with Gasteiger partial charge >= 0.3 is 0 Å². The fraction of sp³-hybridized carbons (Fsp3) is 1.00. The first-order valence-corrected chi connectivity index (χ1v) is 2.66. The SMILES string of the molecule is CN(C)CCS.Cl. The van der Waals surface area contributed by atoms with Gasteiger partial charge in [-0.3, -0.25) is 0 Å². The first kappa shape index (κ1) is 10.6. The highest BCUT2D eigenvalue weighted by atomic mass is 35.5. The van der Waals surface area contributed by atoms with Crippen LogP contribution in [0.3, 0.4) is 0 Å². The third-order valence-corrected chi connectivity index (χ3v) is 0.747. The highest BCUT2D eigenvalue weighted by Gasteiger charge is 1.80. The van der Waals surface area contributed by atoms with Gasteiger partial charge in [0.2, 0.25) is 0 Å². The van der Waals surface area contributed by atoms with Crippen molar-refractivity contribution < 1.29 is 0 Å². The molecule has 0 aromatic rings. The van der Waals surface area contributed by atoms with E-state index in [4.69, 9.17) is 0 Å². The van der Waals surface area contributed by atoms with E-state index in [2.05, 4.69) is 17.5 Å². The van der Waals surface area contributed by atoms with Crippen LogP contribution in [-0.4, -0.2) is 31.3 Å². The van der Waals surface area contributed by atoms with Crippen molar-refractivity contribution in [3.63, 3.8) is 0 Å². The van der Waals surface area contributed by atoms with Crippen molar-refractivity contribution in [3.05, 3.63) is 0 Å².